The summed E-state index contributed by atoms with van der Waals surface area (Å²) in [6, 6.07) is 0.148. The molecular weight excluding hydrogens is 282 g/mol. The van der Waals surface area contributed by atoms with Crippen LogP contribution in [0.3, 0.4) is 0 Å². The molecule has 1 unspecified atom stereocenters. The van der Waals surface area contributed by atoms with Crippen LogP contribution in [0.4, 0.5) is 5.69 Å². The number of likely N-dealkylation sites (tertiary alicyclic amines) is 1. The zero-order chi connectivity index (χ0) is 15.6. The van der Waals surface area contributed by atoms with Crippen molar-refractivity contribution in [3.05, 3.63) is 38.3 Å². The number of carbonyl (C=O) groups excluding carboxylic acids is 2. The van der Waals surface area contributed by atoms with E-state index in [-0.39, 0.29) is 5.56 Å². The van der Waals surface area contributed by atoms with Crippen molar-refractivity contribution in [3.8, 4) is 0 Å². The van der Waals surface area contributed by atoms with Gasteiger partial charge in [0.2, 0.25) is 0 Å². The van der Waals surface area contributed by atoms with Gasteiger partial charge in [-0.25, -0.2) is 4.79 Å². The Hall–Kier alpha value is -2.71. The third kappa shape index (κ3) is 2.76. The highest BCUT2D eigenvalue weighted by Crippen LogP contribution is 2.21. The van der Waals surface area contributed by atoms with Gasteiger partial charge in [-0.3, -0.25) is 19.7 Å². The van der Waals surface area contributed by atoms with Crippen molar-refractivity contribution in [1.29, 1.82) is 0 Å². The van der Waals surface area contributed by atoms with Crippen molar-refractivity contribution in [1.82, 2.24) is 9.88 Å². The fraction of sp³-hybridized carbons (Fsp3) is 0.417. The van der Waals surface area contributed by atoms with Crippen molar-refractivity contribution in [2.24, 2.45) is 0 Å². The van der Waals surface area contributed by atoms with Crippen LogP contribution in [0.25, 0.3) is 0 Å². The summed E-state index contributed by atoms with van der Waals surface area (Å²) in [6.07, 6.45) is 1.95. The normalized spacial score (nSPS) is 17.6. The Morgan fingerprint density at radius 1 is 1.52 bits per heavy atom. The molecule has 0 spiro atoms. The van der Waals surface area contributed by atoms with Crippen LogP contribution < -0.4 is 5.56 Å². The van der Waals surface area contributed by atoms with Crippen molar-refractivity contribution < 1.29 is 19.2 Å². The standard InChI is InChI=1S/C12H13N3O6/c1-21-12(18)9-3-2-4-14(9)11(17)8-5-7(15(19)20)6-13-10(8)16/h5-6,9H,2-4H2,1H3,(H,13,16). The Morgan fingerprint density at radius 3 is 2.86 bits per heavy atom. The van der Waals surface area contributed by atoms with E-state index in [2.05, 4.69) is 9.72 Å². The lowest BCUT2D eigenvalue weighted by Crippen LogP contribution is -2.42. The lowest BCUT2D eigenvalue weighted by Gasteiger charge is -2.22. The van der Waals surface area contributed by atoms with Crippen LogP contribution >= 0.6 is 0 Å². The molecule has 1 aromatic heterocycles. The highest BCUT2D eigenvalue weighted by Gasteiger charge is 2.36. The van der Waals surface area contributed by atoms with Crippen molar-refractivity contribution in [2.45, 2.75) is 18.9 Å². The Kier molecular flexibility index (Phi) is 4.01. The summed E-state index contributed by atoms with van der Waals surface area (Å²) >= 11 is 0. The number of nitro groups is 1. The monoisotopic (exact) mass is 295 g/mol. The van der Waals surface area contributed by atoms with Gasteiger partial charge < -0.3 is 14.6 Å². The maximum absolute atomic E-state index is 12.3. The molecule has 9 heteroatoms. The molecule has 1 atom stereocenters. The zero-order valence-electron chi connectivity index (χ0n) is 11.2. The molecule has 21 heavy (non-hydrogen) atoms. The van der Waals surface area contributed by atoms with Gasteiger partial charge in [0.1, 0.15) is 11.6 Å². The quantitative estimate of drug-likeness (QED) is 0.478. The largest absolute Gasteiger partial charge is 0.467 e. The predicted molar refractivity (Wildman–Crippen MR) is 69.8 cm³/mol. The Balaban J connectivity index is 2.35. The zero-order valence-corrected chi connectivity index (χ0v) is 11.2. The van der Waals surface area contributed by atoms with Gasteiger partial charge in [-0.05, 0) is 12.8 Å². The summed E-state index contributed by atoms with van der Waals surface area (Å²) in [4.78, 5) is 49.0. The number of amides is 1. The summed E-state index contributed by atoms with van der Waals surface area (Å²) in [5.41, 5.74) is -1.49. The number of nitrogens with zero attached hydrogens (tertiary/aromatic N) is 2. The smallest absolute Gasteiger partial charge is 0.328 e. The molecule has 112 valence electrons. The van der Waals surface area contributed by atoms with E-state index in [9.17, 15) is 24.5 Å². The van der Waals surface area contributed by atoms with Crippen molar-refractivity contribution in [2.75, 3.05) is 13.7 Å². The molecule has 2 rings (SSSR count). The fourth-order valence-corrected chi connectivity index (χ4v) is 2.28. The molecule has 1 amide bonds. The average molecular weight is 295 g/mol. The van der Waals surface area contributed by atoms with Gasteiger partial charge in [0, 0.05) is 12.6 Å². The summed E-state index contributed by atoms with van der Waals surface area (Å²) < 4.78 is 4.62. The van der Waals surface area contributed by atoms with Crippen LogP contribution in [-0.2, 0) is 9.53 Å². The van der Waals surface area contributed by atoms with Crippen LogP contribution in [0.2, 0.25) is 0 Å². The van der Waals surface area contributed by atoms with Gasteiger partial charge in [-0.2, -0.15) is 0 Å². The number of ether oxygens (including phenoxy) is 1. The van der Waals surface area contributed by atoms with Gasteiger partial charge in [0.25, 0.3) is 17.2 Å². The molecule has 0 aromatic carbocycles. The number of methoxy groups -OCH3 is 1. The first-order chi connectivity index (χ1) is 9.95. The van der Waals surface area contributed by atoms with Gasteiger partial charge in [-0.1, -0.05) is 0 Å². The molecule has 9 nitrogen and oxygen atoms in total. The highest BCUT2D eigenvalue weighted by molar-refractivity contribution is 5.97. The number of hydrogen-bond acceptors (Lipinski definition) is 6. The second kappa shape index (κ2) is 5.73. The summed E-state index contributed by atoms with van der Waals surface area (Å²) in [6.45, 7) is 0.292. The maximum atomic E-state index is 12.3. The molecule has 1 N–H and O–H groups in total. The predicted octanol–water partition coefficient (Wildman–Crippen LogP) is 0.0607. The number of aromatic amines is 1. The highest BCUT2D eigenvalue weighted by atomic mass is 16.6. The fourth-order valence-electron chi connectivity index (χ4n) is 2.28. The first-order valence-electron chi connectivity index (χ1n) is 6.21. The minimum absolute atomic E-state index is 0.292. The molecule has 2 heterocycles. The number of pyridine rings is 1. The Morgan fingerprint density at radius 2 is 2.24 bits per heavy atom. The molecule has 1 fully saturated rings. The van der Waals surface area contributed by atoms with E-state index in [0.717, 1.165) is 12.3 Å². The van der Waals surface area contributed by atoms with Crippen LogP contribution in [0.5, 0.6) is 0 Å². The van der Waals surface area contributed by atoms with E-state index >= 15 is 0 Å². The SMILES string of the molecule is COC(=O)C1CCCN1C(=O)c1cc([N+](=O)[O-])c[nH]c1=O. The molecule has 1 saturated heterocycles. The van der Waals surface area contributed by atoms with Gasteiger partial charge in [0.15, 0.2) is 0 Å². The Labute approximate surface area is 118 Å². The second-order valence-electron chi connectivity index (χ2n) is 4.54. The van der Waals surface area contributed by atoms with Gasteiger partial charge >= 0.3 is 5.97 Å². The van der Waals surface area contributed by atoms with Gasteiger partial charge in [0.05, 0.1) is 18.2 Å². The number of nitrogens with one attached hydrogen (secondary N) is 1. The molecule has 0 radical (unpaired) electrons. The summed E-state index contributed by atoms with van der Waals surface area (Å²) in [7, 11) is 1.21. The van der Waals surface area contributed by atoms with Crippen LogP contribution in [-0.4, -0.2) is 46.4 Å². The van der Waals surface area contributed by atoms with E-state index in [4.69, 9.17) is 0 Å². The van der Waals surface area contributed by atoms with E-state index < -0.39 is 34.1 Å². The number of carbonyl (C=O) groups is 2. The van der Waals surface area contributed by atoms with Crippen LogP contribution in [0, 0.1) is 10.1 Å². The number of aromatic nitrogens is 1. The maximum Gasteiger partial charge on any atom is 0.328 e. The number of rotatable bonds is 3. The summed E-state index contributed by atoms with van der Waals surface area (Å²) in [5, 5.41) is 10.7. The number of esters is 1. The molecule has 1 aliphatic rings. The molecule has 0 aliphatic carbocycles. The third-order valence-corrected chi connectivity index (χ3v) is 3.32. The summed E-state index contributed by atoms with van der Waals surface area (Å²) in [5.74, 6) is -1.28. The van der Waals surface area contributed by atoms with Crippen molar-refractivity contribution in [3.63, 3.8) is 0 Å². The molecule has 1 aromatic rings. The molecule has 0 bridgehead atoms. The van der Waals surface area contributed by atoms with Crippen LogP contribution in [0.15, 0.2) is 17.1 Å². The third-order valence-electron chi connectivity index (χ3n) is 3.32. The number of H-pyrrole nitrogens is 1. The minimum atomic E-state index is -0.763. The first-order valence-corrected chi connectivity index (χ1v) is 6.21. The van der Waals surface area contributed by atoms with Crippen LogP contribution in [0.1, 0.15) is 23.2 Å². The molecule has 0 saturated carbocycles. The van der Waals surface area contributed by atoms with E-state index in [1.54, 1.807) is 0 Å². The average Bonchev–Trinajstić information content (AvgIpc) is 2.95. The van der Waals surface area contributed by atoms with E-state index in [0.29, 0.717) is 19.4 Å². The topological polar surface area (TPSA) is 123 Å². The molecular formula is C12H13N3O6. The first kappa shape index (κ1) is 14.7. The van der Waals surface area contributed by atoms with E-state index in [1.165, 1.54) is 12.0 Å². The lowest BCUT2D eigenvalue weighted by atomic mass is 10.2. The minimum Gasteiger partial charge on any atom is -0.467 e. The second-order valence-corrected chi connectivity index (χ2v) is 4.54. The lowest BCUT2D eigenvalue weighted by molar-refractivity contribution is -0.385. The molecule has 1 aliphatic heterocycles. The Bertz CT molecular complexity index is 653. The number of hydrogen-bond donors (Lipinski definition) is 1. The van der Waals surface area contributed by atoms with Gasteiger partial charge in [-0.15, -0.1) is 0 Å². The van der Waals surface area contributed by atoms with Crippen molar-refractivity contribution >= 4 is 17.6 Å². The van der Waals surface area contributed by atoms with E-state index in [1.807, 2.05) is 0 Å².